The van der Waals surface area contributed by atoms with Crippen LogP contribution < -0.4 is 4.74 Å². The van der Waals surface area contributed by atoms with Gasteiger partial charge in [-0.2, -0.15) is 5.06 Å². The molecule has 0 unspecified atom stereocenters. The van der Waals surface area contributed by atoms with Gasteiger partial charge in [0.05, 0.1) is 13.7 Å². The summed E-state index contributed by atoms with van der Waals surface area (Å²) in [5.41, 5.74) is 0.954. The molecule has 0 aliphatic heterocycles. The van der Waals surface area contributed by atoms with Crippen LogP contribution in [0.3, 0.4) is 0 Å². The van der Waals surface area contributed by atoms with Gasteiger partial charge in [-0.15, -0.1) is 0 Å². The largest absolute Gasteiger partial charge is 0.496 e. The second kappa shape index (κ2) is 4.60. The van der Waals surface area contributed by atoms with Gasteiger partial charge in [-0.05, 0) is 12.1 Å². The Hall–Kier alpha value is -0.580. The maximum atomic E-state index is 9.06. The van der Waals surface area contributed by atoms with Crippen LogP contribution >= 0.6 is 15.9 Å². The average Bonchev–Trinajstić information content (AvgIpc) is 2.07. The molecule has 72 valence electrons. The van der Waals surface area contributed by atoms with E-state index in [0.717, 1.165) is 20.8 Å². The summed E-state index contributed by atoms with van der Waals surface area (Å²) in [7, 11) is 3.21. The summed E-state index contributed by atoms with van der Waals surface area (Å²) >= 11 is 3.35. The normalized spacial score (nSPS) is 10.5. The van der Waals surface area contributed by atoms with Crippen molar-refractivity contribution in [3.05, 3.63) is 28.2 Å². The van der Waals surface area contributed by atoms with E-state index in [9.17, 15) is 0 Å². The van der Waals surface area contributed by atoms with Gasteiger partial charge >= 0.3 is 0 Å². The van der Waals surface area contributed by atoms with Gasteiger partial charge in [0, 0.05) is 17.1 Å². The van der Waals surface area contributed by atoms with Crippen LogP contribution in [-0.4, -0.2) is 24.4 Å². The van der Waals surface area contributed by atoms with Gasteiger partial charge in [-0.1, -0.05) is 22.0 Å². The molecule has 0 atom stereocenters. The van der Waals surface area contributed by atoms with Crippen LogP contribution in [0.25, 0.3) is 0 Å². The molecule has 1 aromatic rings. The minimum Gasteiger partial charge on any atom is -0.496 e. The van der Waals surface area contributed by atoms with Crippen LogP contribution in [-0.2, 0) is 6.54 Å². The highest BCUT2D eigenvalue weighted by atomic mass is 79.9. The topological polar surface area (TPSA) is 32.7 Å². The third-order valence-corrected chi connectivity index (χ3v) is 2.14. The first kappa shape index (κ1) is 10.5. The Kier molecular flexibility index (Phi) is 3.71. The average molecular weight is 246 g/mol. The van der Waals surface area contributed by atoms with Crippen LogP contribution in [0.1, 0.15) is 5.56 Å². The standard InChI is InChI=1S/C9H12BrNO2/c1-11(12)6-7-3-4-8(10)5-9(7)13-2/h3-5,12H,6H2,1-2H3. The van der Waals surface area contributed by atoms with Gasteiger partial charge in [0.25, 0.3) is 0 Å². The van der Waals surface area contributed by atoms with Crippen LogP contribution in [0.2, 0.25) is 0 Å². The molecule has 0 amide bonds. The molecule has 0 saturated carbocycles. The molecule has 0 aromatic heterocycles. The number of hydroxylamine groups is 2. The lowest BCUT2D eigenvalue weighted by Gasteiger charge is -2.12. The first-order chi connectivity index (χ1) is 6.13. The molecule has 1 N–H and O–H groups in total. The fourth-order valence-corrected chi connectivity index (χ4v) is 1.44. The molecular formula is C9H12BrNO2. The Balaban J connectivity index is 2.92. The fraction of sp³-hybridized carbons (Fsp3) is 0.333. The molecule has 1 rings (SSSR count). The molecule has 4 heteroatoms. The van der Waals surface area contributed by atoms with E-state index in [2.05, 4.69) is 15.9 Å². The predicted octanol–water partition coefficient (Wildman–Crippen LogP) is 2.28. The number of methoxy groups -OCH3 is 1. The van der Waals surface area contributed by atoms with Crippen LogP contribution in [0.15, 0.2) is 22.7 Å². The Labute approximate surface area is 86.0 Å². The van der Waals surface area contributed by atoms with E-state index in [1.54, 1.807) is 14.2 Å². The van der Waals surface area contributed by atoms with E-state index < -0.39 is 0 Å². The SMILES string of the molecule is COc1cc(Br)ccc1CN(C)O. The smallest absolute Gasteiger partial charge is 0.124 e. The van der Waals surface area contributed by atoms with Gasteiger partial charge in [-0.25, -0.2) is 0 Å². The maximum Gasteiger partial charge on any atom is 0.124 e. The number of halogens is 1. The van der Waals surface area contributed by atoms with Crippen molar-refractivity contribution >= 4 is 15.9 Å². The molecule has 3 nitrogen and oxygen atoms in total. The number of hydrogen-bond acceptors (Lipinski definition) is 3. The van der Waals surface area contributed by atoms with Crippen molar-refractivity contribution in [2.24, 2.45) is 0 Å². The Bertz CT molecular complexity index is 289. The summed E-state index contributed by atoms with van der Waals surface area (Å²) in [5.74, 6) is 0.773. The lowest BCUT2D eigenvalue weighted by molar-refractivity contribution is -0.0735. The summed E-state index contributed by atoms with van der Waals surface area (Å²) in [6, 6.07) is 5.70. The second-order valence-corrected chi connectivity index (χ2v) is 3.69. The number of ether oxygens (including phenoxy) is 1. The van der Waals surface area contributed by atoms with Crippen molar-refractivity contribution in [3.63, 3.8) is 0 Å². The van der Waals surface area contributed by atoms with Crippen molar-refractivity contribution in [2.45, 2.75) is 6.54 Å². The highest BCUT2D eigenvalue weighted by Crippen LogP contribution is 2.23. The minimum absolute atomic E-state index is 0.455. The van der Waals surface area contributed by atoms with E-state index in [-0.39, 0.29) is 0 Å². The summed E-state index contributed by atoms with van der Waals surface area (Å²) in [5, 5.41) is 10.2. The van der Waals surface area contributed by atoms with Crippen molar-refractivity contribution in [3.8, 4) is 5.75 Å². The van der Waals surface area contributed by atoms with Crippen LogP contribution in [0, 0.1) is 0 Å². The molecule has 1 aromatic carbocycles. The van der Waals surface area contributed by atoms with Gasteiger partial charge in [0.15, 0.2) is 0 Å². The lowest BCUT2D eigenvalue weighted by atomic mass is 10.2. The monoisotopic (exact) mass is 245 g/mol. The van der Waals surface area contributed by atoms with Gasteiger partial charge < -0.3 is 9.94 Å². The molecule has 13 heavy (non-hydrogen) atoms. The summed E-state index contributed by atoms with van der Waals surface area (Å²) < 4.78 is 6.13. The van der Waals surface area contributed by atoms with Gasteiger partial charge in [0.1, 0.15) is 5.75 Å². The number of hydrogen-bond donors (Lipinski definition) is 1. The molecule has 0 fully saturated rings. The van der Waals surface area contributed by atoms with Crippen LogP contribution in [0.5, 0.6) is 5.75 Å². The quantitative estimate of drug-likeness (QED) is 0.830. The molecule has 0 heterocycles. The summed E-state index contributed by atoms with van der Waals surface area (Å²) in [6.07, 6.45) is 0. The zero-order chi connectivity index (χ0) is 9.84. The van der Waals surface area contributed by atoms with Crippen molar-refractivity contribution in [1.29, 1.82) is 0 Å². The Morgan fingerprint density at radius 2 is 2.23 bits per heavy atom. The highest BCUT2D eigenvalue weighted by molar-refractivity contribution is 9.10. The molecule has 0 spiro atoms. The molecule has 0 aliphatic carbocycles. The lowest BCUT2D eigenvalue weighted by Crippen LogP contribution is -2.12. The van der Waals surface area contributed by atoms with E-state index in [1.165, 1.54) is 0 Å². The zero-order valence-electron chi connectivity index (χ0n) is 7.62. The molecule has 0 aliphatic rings. The first-order valence-corrected chi connectivity index (χ1v) is 4.65. The van der Waals surface area contributed by atoms with E-state index in [4.69, 9.17) is 9.94 Å². The third kappa shape index (κ3) is 2.99. The number of nitrogens with zero attached hydrogens (tertiary/aromatic N) is 1. The van der Waals surface area contributed by atoms with Gasteiger partial charge in [-0.3, -0.25) is 0 Å². The van der Waals surface area contributed by atoms with Crippen molar-refractivity contribution < 1.29 is 9.94 Å². The molecule has 0 saturated heterocycles. The first-order valence-electron chi connectivity index (χ1n) is 3.86. The highest BCUT2D eigenvalue weighted by Gasteiger charge is 2.04. The van der Waals surface area contributed by atoms with Gasteiger partial charge in [0.2, 0.25) is 0 Å². The van der Waals surface area contributed by atoms with Crippen LogP contribution in [0.4, 0.5) is 0 Å². The third-order valence-electron chi connectivity index (χ3n) is 1.65. The fourth-order valence-electron chi connectivity index (χ4n) is 1.10. The number of rotatable bonds is 3. The number of benzene rings is 1. The Morgan fingerprint density at radius 3 is 2.77 bits per heavy atom. The maximum absolute atomic E-state index is 9.06. The molecular weight excluding hydrogens is 234 g/mol. The predicted molar refractivity (Wildman–Crippen MR) is 53.9 cm³/mol. The Morgan fingerprint density at radius 1 is 1.54 bits per heavy atom. The summed E-state index contributed by atoms with van der Waals surface area (Å²) in [6.45, 7) is 0.455. The van der Waals surface area contributed by atoms with Crippen molar-refractivity contribution in [1.82, 2.24) is 5.06 Å². The van der Waals surface area contributed by atoms with Crippen molar-refractivity contribution in [2.75, 3.05) is 14.2 Å². The molecule has 0 bridgehead atoms. The zero-order valence-corrected chi connectivity index (χ0v) is 9.21. The van der Waals surface area contributed by atoms with E-state index >= 15 is 0 Å². The summed E-state index contributed by atoms with van der Waals surface area (Å²) in [4.78, 5) is 0. The second-order valence-electron chi connectivity index (χ2n) is 2.77. The minimum atomic E-state index is 0.455. The van der Waals surface area contributed by atoms with E-state index in [0.29, 0.717) is 6.54 Å². The van der Waals surface area contributed by atoms with E-state index in [1.807, 2.05) is 18.2 Å². The molecule has 0 radical (unpaired) electrons.